The normalized spacial score (nSPS) is 12.8. The summed E-state index contributed by atoms with van der Waals surface area (Å²) in [5.74, 6) is -1.85. The largest absolute Gasteiger partial charge is 0.330 e. The third-order valence-corrected chi connectivity index (χ3v) is 2.80. The fourth-order valence-electron chi connectivity index (χ4n) is 1.18. The fourth-order valence-corrected chi connectivity index (χ4v) is 2.05. The SMILES string of the molecule is CCCCCCC(N)(OP(O)O)OP(O)O. The molecule has 0 heterocycles. The van der Waals surface area contributed by atoms with E-state index in [1.807, 2.05) is 6.92 Å². The van der Waals surface area contributed by atoms with Crippen molar-refractivity contribution in [1.29, 1.82) is 0 Å². The summed E-state index contributed by atoms with van der Waals surface area (Å²) >= 11 is 0. The van der Waals surface area contributed by atoms with Crippen molar-refractivity contribution in [2.24, 2.45) is 5.73 Å². The van der Waals surface area contributed by atoms with Crippen LogP contribution in [-0.4, -0.2) is 25.5 Å². The van der Waals surface area contributed by atoms with E-state index in [1.54, 1.807) is 0 Å². The number of hydrogen-bond donors (Lipinski definition) is 5. The Kier molecular flexibility index (Phi) is 8.95. The summed E-state index contributed by atoms with van der Waals surface area (Å²) in [4.78, 5) is 34.7. The molecule has 16 heavy (non-hydrogen) atoms. The zero-order valence-corrected chi connectivity index (χ0v) is 10.9. The Hall–Kier alpha value is 0.580. The van der Waals surface area contributed by atoms with Crippen molar-refractivity contribution in [3.8, 4) is 0 Å². The molecule has 0 aliphatic carbocycles. The van der Waals surface area contributed by atoms with Gasteiger partial charge in [-0.05, 0) is 6.42 Å². The first kappa shape index (κ1) is 16.6. The van der Waals surface area contributed by atoms with E-state index in [4.69, 9.17) is 25.3 Å². The van der Waals surface area contributed by atoms with Crippen molar-refractivity contribution in [3.05, 3.63) is 0 Å². The van der Waals surface area contributed by atoms with E-state index in [0.29, 0.717) is 6.42 Å². The number of rotatable bonds is 9. The number of hydrogen-bond acceptors (Lipinski definition) is 7. The molecule has 0 aliphatic rings. The zero-order valence-electron chi connectivity index (χ0n) is 9.11. The average Bonchev–Trinajstić information content (AvgIpc) is 2.09. The molecule has 0 saturated heterocycles. The highest BCUT2D eigenvalue weighted by Gasteiger charge is 2.33. The van der Waals surface area contributed by atoms with Gasteiger partial charge in [0.25, 0.3) is 0 Å². The molecule has 0 bridgehead atoms. The van der Waals surface area contributed by atoms with Crippen LogP contribution < -0.4 is 5.73 Å². The molecule has 0 atom stereocenters. The van der Waals surface area contributed by atoms with E-state index in [1.165, 1.54) is 0 Å². The van der Waals surface area contributed by atoms with Crippen LogP contribution in [0.1, 0.15) is 39.0 Å². The van der Waals surface area contributed by atoms with E-state index in [0.717, 1.165) is 19.3 Å². The Morgan fingerprint density at radius 3 is 1.88 bits per heavy atom. The Bertz CT molecular complexity index is 172. The highest BCUT2D eigenvalue weighted by molar-refractivity contribution is 7.40. The molecule has 9 heteroatoms. The van der Waals surface area contributed by atoms with Crippen LogP contribution in [0, 0.1) is 0 Å². The summed E-state index contributed by atoms with van der Waals surface area (Å²) in [5, 5.41) is 0. The van der Waals surface area contributed by atoms with Crippen molar-refractivity contribution in [3.63, 3.8) is 0 Å². The Labute approximate surface area is 97.2 Å². The van der Waals surface area contributed by atoms with Gasteiger partial charge in [-0.3, -0.25) is 14.8 Å². The van der Waals surface area contributed by atoms with Gasteiger partial charge in [0.05, 0.1) is 0 Å². The molecule has 0 saturated carbocycles. The lowest BCUT2D eigenvalue weighted by Gasteiger charge is -2.28. The van der Waals surface area contributed by atoms with Gasteiger partial charge in [0.2, 0.25) is 5.91 Å². The average molecular weight is 275 g/mol. The molecule has 0 aromatic rings. The molecule has 0 amide bonds. The van der Waals surface area contributed by atoms with Crippen molar-refractivity contribution in [2.75, 3.05) is 0 Å². The summed E-state index contributed by atoms with van der Waals surface area (Å²) in [6.07, 6.45) is 3.73. The highest BCUT2D eigenvalue weighted by atomic mass is 31.2. The second-order valence-corrected chi connectivity index (χ2v) is 4.69. The van der Waals surface area contributed by atoms with Gasteiger partial charge in [0.1, 0.15) is 0 Å². The van der Waals surface area contributed by atoms with Crippen molar-refractivity contribution in [1.82, 2.24) is 0 Å². The lowest BCUT2D eigenvalue weighted by Crippen LogP contribution is -2.43. The van der Waals surface area contributed by atoms with Gasteiger partial charge in [0.15, 0.2) is 0 Å². The van der Waals surface area contributed by atoms with Crippen LogP contribution in [0.4, 0.5) is 0 Å². The first-order valence-corrected chi connectivity index (χ1v) is 7.25. The van der Waals surface area contributed by atoms with Crippen molar-refractivity contribution in [2.45, 2.75) is 44.9 Å². The Morgan fingerprint density at radius 1 is 1.00 bits per heavy atom. The predicted octanol–water partition coefficient (Wildman–Crippen LogP) is 1.03. The molecular formula is C7H19NO6P2. The van der Waals surface area contributed by atoms with Crippen LogP contribution in [0.25, 0.3) is 0 Å². The van der Waals surface area contributed by atoms with Gasteiger partial charge in [0, 0.05) is 6.42 Å². The summed E-state index contributed by atoms with van der Waals surface area (Å²) in [6, 6.07) is 0. The summed E-state index contributed by atoms with van der Waals surface area (Å²) in [6.45, 7) is 2.05. The van der Waals surface area contributed by atoms with E-state index in [2.05, 4.69) is 9.05 Å². The van der Waals surface area contributed by atoms with Crippen LogP contribution in [-0.2, 0) is 9.05 Å². The van der Waals surface area contributed by atoms with E-state index in [9.17, 15) is 0 Å². The van der Waals surface area contributed by atoms with Gasteiger partial charge >= 0.3 is 17.2 Å². The van der Waals surface area contributed by atoms with Crippen LogP contribution in [0.15, 0.2) is 0 Å². The third kappa shape index (κ3) is 8.70. The molecule has 0 aromatic heterocycles. The summed E-state index contributed by atoms with van der Waals surface area (Å²) < 4.78 is 9.11. The molecule has 0 unspecified atom stereocenters. The van der Waals surface area contributed by atoms with Crippen LogP contribution in [0.2, 0.25) is 0 Å². The van der Waals surface area contributed by atoms with Crippen LogP contribution in [0.3, 0.4) is 0 Å². The first-order chi connectivity index (χ1) is 7.39. The fraction of sp³-hybridized carbons (Fsp3) is 1.00. The molecule has 0 fully saturated rings. The smallest absolute Gasteiger partial charge is 0.328 e. The lowest BCUT2D eigenvalue weighted by molar-refractivity contribution is -0.125. The van der Waals surface area contributed by atoms with E-state index in [-0.39, 0.29) is 6.42 Å². The second-order valence-electron chi connectivity index (χ2n) is 3.31. The maximum atomic E-state index is 8.69. The first-order valence-electron chi connectivity index (χ1n) is 4.92. The molecule has 0 aliphatic heterocycles. The molecule has 0 spiro atoms. The Balaban J connectivity index is 4.08. The molecule has 6 N–H and O–H groups in total. The quantitative estimate of drug-likeness (QED) is 0.241. The maximum absolute atomic E-state index is 8.69. The minimum absolute atomic E-state index is 0.160. The topological polar surface area (TPSA) is 125 Å². The predicted molar refractivity (Wildman–Crippen MR) is 60.6 cm³/mol. The van der Waals surface area contributed by atoms with Crippen molar-refractivity contribution < 1.29 is 28.6 Å². The number of nitrogens with two attached hydrogens (primary N) is 1. The van der Waals surface area contributed by atoms with Gasteiger partial charge in [-0.2, -0.15) is 0 Å². The zero-order chi connectivity index (χ0) is 12.6. The second kappa shape index (κ2) is 8.64. The van der Waals surface area contributed by atoms with Gasteiger partial charge in [-0.1, -0.05) is 26.2 Å². The molecule has 98 valence electrons. The summed E-state index contributed by atoms with van der Waals surface area (Å²) in [7, 11) is -5.41. The molecule has 0 rings (SSSR count). The minimum Gasteiger partial charge on any atom is -0.328 e. The van der Waals surface area contributed by atoms with Crippen LogP contribution in [0.5, 0.6) is 0 Å². The van der Waals surface area contributed by atoms with Gasteiger partial charge in [-0.15, -0.1) is 0 Å². The third-order valence-electron chi connectivity index (χ3n) is 1.85. The lowest BCUT2D eigenvalue weighted by atomic mass is 10.1. The summed E-state index contributed by atoms with van der Waals surface area (Å²) in [5.41, 5.74) is 5.53. The van der Waals surface area contributed by atoms with Crippen LogP contribution >= 0.6 is 17.2 Å². The monoisotopic (exact) mass is 275 g/mol. The van der Waals surface area contributed by atoms with Crippen molar-refractivity contribution >= 4 is 17.2 Å². The number of unbranched alkanes of at least 4 members (excludes halogenated alkanes) is 3. The Morgan fingerprint density at radius 2 is 1.50 bits per heavy atom. The minimum atomic E-state index is -2.71. The van der Waals surface area contributed by atoms with E-state index >= 15 is 0 Å². The molecule has 0 radical (unpaired) electrons. The standard InChI is InChI=1S/C7H19NO6P2/c1-2-3-4-5-6-7(8,13-15(9)10)14-16(11)12/h9-12H,2-6,8H2,1H3. The highest BCUT2D eigenvalue weighted by Crippen LogP contribution is 2.40. The van der Waals surface area contributed by atoms with Gasteiger partial charge in [-0.25, -0.2) is 0 Å². The molecule has 7 nitrogen and oxygen atoms in total. The van der Waals surface area contributed by atoms with Gasteiger partial charge < -0.3 is 19.6 Å². The van der Waals surface area contributed by atoms with E-state index < -0.39 is 23.1 Å². The molecule has 0 aromatic carbocycles. The maximum Gasteiger partial charge on any atom is 0.330 e. The molecular weight excluding hydrogens is 256 g/mol.